The van der Waals surface area contributed by atoms with E-state index >= 15 is 0 Å². The van der Waals surface area contributed by atoms with Crippen molar-refractivity contribution in [2.24, 2.45) is 0 Å². The quantitative estimate of drug-likeness (QED) is 0.405. The number of hydrogen-bond donors (Lipinski definition) is 0. The van der Waals surface area contributed by atoms with Gasteiger partial charge in [0.15, 0.2) is 0 Å². The summed E-state index contributed by atoms with van der Waals surface area (Å²) in [5, 5.41) is 11.1. The third kappa shape index (κ3) is 4.04. The number of unbranched alkanes of at least 4 members (excludes halogenated alkanes) is 2. The second-order valence-corrected chi connectivity index (χ2v) is 3.87. The molecule has 0 saturated heterocycles. The van der Waals surface area contributed by atoms with E-state index in [1.807, 2.05) is 0 Å². The van der Waals surface area contributed by atoms with Crippen molar-refractivity contribution in [3.63, 3.8) is 0 Å². The van der Waals surface area contributed by atoms with Crippen LogP contribution in [0.1, 0.15) is 45.1 Å². The monoisotopic (exact) mass is 224 g/mol. The summed E-state index contributed by atoms with van der Waals surface area (Å²) in [4.78, 5) is 4.03. The van der Waals surface area contributed by atoms with Crippen LogP contribution in [0.4, 0.5) is 0 Å². The maximum absolute atomic E-state index is 11.1. The van der Waals surface area contributed by atoms with Gasteiger partial charge in [-0.05, 0) is 24.2 Å². The van der Waals surface area contributed by atoms with Crippen molar-refractivity contribution in [1.29, 1.82) is 0 Å². The molecule has 0 aliphatic rings. The average Bonchev–Trinajstić information content (AvgIpc) is 2.29. The van der Waals surface area contributed by atoms with E-state index in [9.17, 15) is 5.21 Å². The molecule has 0 radical (unpaired) electrons. The van der Waals surface area contributed by atoms with Gasteiger partial charge in [-0.1, -0.05) is 26.7 Å². The van der Waals surface area contributed by atoms with Crippen LogP contribution in [0.5, 0.6) is 5.88 Å². The van der Waals surface area contributed by atoms with Crippen LogP contribution in [-0.4, -0.2) is 11.6 Å². The van der Waals surface area contributed by atoms with Gasteiger partial charge in [0.25, 0.3) is 6.33 Å². The molecule has 0 amide bonds. The van der Waals surface area contributed by atoms with Gasteiger partial charge in [-0.15, -0.1) is 0 Å². The summed E-state index contributed by atoms with van der Waals surface area (Å²) >= 11 is 0. The summed E-state index contributed by atoms with van der Waals surface area (Å²) in [6, 6.07) is 0. The standard InChI is InChI=1S/C12H20N2O2/c1-3-5-7-11-9-14(15)10-13-12(11)16-8-6-4-2/h9-10H,3-8H2,1-2H3. The molecule has 0 aliphatic heterocycles. The van der Waals surface area contributed by atoms with Gasteiger partial charge in [0.1, 0.15) is 6.20 Å². The first kappa shape index (κ1) is 12.7. The highest BCUT2D eigenvalue weighted by Gasteiger charge is 2.11. The zero-order chi connectivity index (χ0) is 11.8. The van der Waals surface area contributed by atoms with Gasteiger partial charge in [0.2, 0.25) is 0 Å². The summed E-state index contributed by atoms with van der Waals surface area (Å²) in [5.74, 6) is 0.619. The van der Waals surface area contributed by atoms with Crippen LogP contribution in [0.15, 0.2) is 12.5 Å². The largest absolute Gasteiger partial charge is 0.711 e. The zero-order valence-corrected chi connectivity index (χ0v) is 10.1. The molecule has 0 bridgehead atoms. The number of ether oxygens (including phenoxy) is 1. The van der Waals surface area contributed by atoms with E-state index in [1.54, 1.807) is 6.20 Å². The number of hydrogen-bond acceptors (Lipinski definition) is 3. The Morgan fingerprint density at radius 1 is 1.31 bits per heavy atom. The Hall–Kier alpha value is -1.32. The molecule has 0 fully saturated rings. The molecule has 90 valence electrons. The molecule has 0 saturated carbocycles. The number of rotatable bonds is 7. The topological polar surface area (TPSA) is 49.1 Å². The van der Waals surface area contributed by atoms with Crippen molar-refractivity contribution < 1.29 is 9.47 Å². The maximum atomic E-state index is 11.1. The highest BCUT2D eigenvalue weighted by atomic mass is 16.5. The molecule has 1 aromatic rings. The minimum Gasteiger partial charge on any atom is -0.711 e. The van der Waals surface area contributed by atoms with E-state index in [2.05, 4.69) is 18.8 Å². The smallest absolute Gasteiger partial charge is 0.334 e. The van der Waals surface area contributed by atoms with Crippen molar-refractivity contribution in [3.8, 4) is 5.88 Å². The van der Waals surface area contributed by atoms with E-state index in [0.29, 0.717) is 12.5 Å². The summed E-state index contributed by atoms with van der Waals surface area (Å²) in [6.45, 7) is 4.91. The Labute approximate surface area is 96.9 Å². The third-order valence-corrected chi connectivity index (χ3v) is 2.38. The summed E-state index contributed by atoms with van der Waals surface area (Å²) in [5.41, 5.74) is 0.912. The van der Waals surface area contributed by atoms with Gasteiger partial charge in [0.05, 0.1) is 12.2 Å². The molecule has 16 heavy (non-hydrogen) atoms. The maximum Gasteiger partial charge on any atom is 0.334 e. The Bertz CT molecular complexity index is 316. The number of aromatic nitrogens is 2. The van der Waals surface area contributed by atoms with E-state index < -0.39 is 0 Å². The molecular weight excluding hydrogens is 204 g/mol. The Morgan fingerprint density at radius 3 is 2.75 bits per heavy atom. The van der Waals surface area contributed by atoms with E-state index in [4.69, 9.17) is 4.74 Å². The molecule has 4 heteroatoms. The molecule has 1 rings (SSSR count). The van der Waals surface area contributed by atoms with Gasteiger partial charge in [-0.25, -0.2) is 4.73 Å². The van der Waals surface area contributed by atoms with E-state index in [-0.39, 0.29) is 0 Å². The van der Waals surface area contributed by atoms with Gasteiger partial charge in [-0.3, -0.25) is 0 Å². The fourth-order valence-electron chi connectivity index (χ4n) is 1.42. The van der Waals surface area contributed by atoms with Crippen molar-refractivity contribution in [3.05, 3.63) is 23.3 Å². The highest BCUT2D eigenvalue weighted by Crippen LogP contribution is 2.15. The Balaban J connectivity index is 2.64. The molecule has 0 spiro atoms. The van der Waals surface area contributed by atoms with Crippen LogP contribution in [0.2, 0.25) is 0 Å². The second kappa shape index (κ2) is 7.04. The molecular formula is C12H20N2O2. The van der Waals surface area contributed by atoms with Crippen LogP contribution >= 0.6 is 0 Å². The first-order valence-electron chi connectivity index (χ1n) is 5.98. The molecule has 0 atom stereocenters. The van der Waals surface area contributed by atoms with Crippen molar-refractivity contribution in [2.75, 3.05) is 6.61 Å². The number of aryl methyl sites for hydroxylation is 1. The first-order chi connectivity index (χ1) is 7.77. The first-order valence-corrected chi connectivity index (χ1v) is 5.98. The summed E-state index contributed by atoms with van der Waals surface area (Å²) < 4.78 is 6.30. The van der Waals surface area contributed by atoms with Crippen LogP contribution in [-0.2, 0) is 6.42 Å². The number of nitrogens with zero attached hydrogens (tertiary/aromatic N) is 2. The molecule has 0 aromatic carbocycles. The lowest BCUT2D eigenvalue weighted by molar-refractivity contribution is -0.609. The fourth-order valence-corrected chi connectivity index (χ4v) is 1.42. The molecule has 1 heterocycles. The lowest BCUT2D eigenvalue weighted by Gasteiger charge is -2.07. The Kier molecular flexibility index (Phi) is 5.61. The SMILES string of the molecule is CCCCOc1nc[n+]([O-])cc1CCCC. The van der Waals surface area contributed by atoms with Crippen molar-refractivity contribution in [1.82, 2.24) is 4.98 Å². The van der Waals surface area contributed by atoms with E-state index in [1.165, 1.54) is 6.33 Å². The summed E-state index contributed by atoms with van der Waals surface area (Å²) in [7, 11) is 0. The lowest BCUT2D eigenvalue weighted by Crippen LogP contribution is -2.27. The minimum absolute atomic E-state index is 0.619. The fraction of sp³-hybridized carbons (Fsp3) is 0.667. The minimum atomic E-state index is 0.619. The van der Waals surface area contributed by atoms with Gasteiger partial charge in [-0.2, -0.15) is 0 Å². The predicted octanol–water partition coefficient (Wildman–Crippen LogP) is 2.24. The van der Waals surface area contributed by atoms with Gasteiger partial charge in [0, 0.05) is 0 Å². The second-order valence-electron chi connectivity index (χ2n) is 3.87. The summed E-state index contributed by atoms with van der Waals surface area (Å²) in [6.07, 6.45) is 7.92. The van der Waals surface area contributed by atoms with Crippen molar-refractivity contribution >= 4 is 0 Å². The van der Waals surface area contributed by atoms with Crippen molar-refractivity contribution in [2.45, 2.75) is 46.0 Å². The molecule has 0 aliphatic carbocycles. The lowest BCUT2D eigenvalue weighted by atomic mass is 10.1. The van der Waals surface area contributed by atoms with Crippen LogP contribution in [0.25, 0.3) is 0 Å². The molecule has 1 aromatic heterocycles. The normalized spacial score (nSPS) is 10.4. The van der Waals surface area contributed by atoms with Crippen LogP contribution in [0.3, 0.4) is 0 Å². The average molecular weight is 224 g/mol. The van der Waals surface area contributed by atoms with Crippen LogP contribution < -0.4 is 9.47 Å². The van der Waals surface area contributed by atoms with Gasteiger partial charge < -0.3 is 9.94 Å². The molecule has 4 nitrogen and oxygen atoms in total. The Morgan fingerprint density at radius 2 is 2.06 bits per heavy atom. The predicted molar refractivity (Wildman–Crippen MR) is 62.2 cm³/mol. The van der Waals surface area contributed by atoms with E-state index in [0.717, 1.165) is 42.4 Å². The van der Waals surface area contributed by atoms with Crippen LogP contribution in [0, 0.1) is 5.21 Å². The molecule has 0 unspecified atom stereocenters. The zero-order valence-electron chi connectivity index (χ0n) is 10.1. The highest BCUT2D eigenvalue weighted by molar-refractivity contribution is 5.20. The third-order valence-electron chi connectivity index (χ3n) is 2.38. The van der Waals surface area contributed by atoms with Gasteiger partial charge >= 0.3 is 5.88 Å². The molecule has 0 N–H and O–H groups in total.